The largest absolute Gasteiger partial charge is 0.505 e. The number of phenols is 1. The van der Waals surface area contributed by atoms with Gasteiger partial charge in [-0.1, -0.05) is 43.3 Å². The summed E-state index contributed by atoms with van der Waals surface area (Å²) in [6.07, 6.45) is 3.91. The van der Waals surface area contributed by atoms with Gasteiger partial charge in [0.05, 0.1) is 0 Å². The zero-order valence-electron chi connectivity index (χ0n) is 15.4. The third kappa shape index (κ3) is 3.78. The number of hydrogen-bond donors (Lipinski definition) is 1. The number of hydrogen-bond acceptors (Lipinski definition) is 2. The van der Waals surface area contributed by atoms with E-state index >= 15 is 0 Å². The summed E-state index contributed by atoms with van der Waals surface area (Å²) < 4.78 is 13.6. The molecular formula is C23H28FNO. The van der Waals surface area contributed by atoms with E-state index in [-0.39, 0.29) is 11.7 Å². The second kappa shape index (κ2) is 7.40. The fraction of sp³-hybridized carbons (Fsp3) is 0.478. The van der Waals surface area contributed by atoms with Crippen molar-refractivity contribution in [2.75, 3.05) is 19.6 Å². The van der Waals surface area contributed by atoms with Crippen molar-refractivity contribution in [1.29, 1.82) is 0 Å². The Bertz CT molecular complexity index is 733. The van der Waals surface area contributed by atoms with Crippen LogP contribution in [0.2, 0.25) is 0 Å². The molecule has 0 radical (unpaired) electrons. The predicted molar refractivity (Wildman–Crippen MR) is 103 cm³/mol. The van der Waals surface area contributed by atoms with Gasteiger partial charge >= 0.3 is 0 Å². The lowest BCUT2D eigenvalue weighted by Crippen LogP contribution is -2.27. The Balaban J connectivity index is 1.29. The van der Waals surface area contributed by atoms with Crippen LogP contribution in [0.4, 0.5) is 4.39 Å². The van der Waals surface area contributed by atoms with Crippen molar-refractivity contribution in [2.24, 2.45) is 17.8 Å². The van der Waals surface area contributed by atoms with Crippen LogP contribution in [0.25, 0.3) is 0 Å². The fourth-order valence-corrected chi connectivity index (χ4v) is 5.11. The predicted octanol–water partition coefficient (Wildman–Crippen LogP) is 4.84. The third-order valence-electron chi connectivity index (χ3n) is 6.36. The lowest BCUT2D eigenvalue weighted by Gasteiger charge is -2.23. The molecule has 2 nitrogen and oxygen atoms in total. The van der Waals surface area contributed by atoms with E-state index < -0.39 is 5.82 Å². The normalized spacial score (nSPS) is 26.8. The number of rotatable bonds is 5. The highest BCUT2D eigenvalue weighted by Crippen LogP contribution is 2.43. The lowest BCUT2D eigenvalue weighted by molar-refractivity contribution is 0.283. The van der Waals surface area contributed by atoms with Gasteiger partial charge in [-0.25, -0.2) is 4.39 Å². The molecule has 3 heteroatoms. The van der Waals surface area contributed by atoms with Crippen molar-refractivity contribution in [3.63, 3.8) is 0 Å². The lowest BCUT2D eigenvalue weighted by atomic mass is 9.96. The first-order valence-corrected chi connectivity index (χ1v) is 9.83. The maximum absolute atomic E-state index is 13.6. The summed E-state index contributed by atoms with van der Waals surface area (Å²) in [6.45, 7) is 5.49. The van der Waals surface area contributed by atoms with Crippen LogP contribution in [0.5, 0.6) is 5.75 Å². The second-order valence-electron chi connectivity index (χ2n) is 8.38. The topological polar surface area (TPSA) is 23.5 Å². The molecule has 0 bridgehead atoms. The third-order valence-corrected chi connectivity index (χ3v) is 6.36. The van der Waals surface area contributed by atoms with Crippen LogP contribution in [0.1, 0.15) is 36.8 Å². The molecular weight excluding hydrogens is 325 g/mol. The quantitative estimate of drug-likeness (QED) is 0.832. The zero-order chi connectivity index (χ0) is 18.1. The number of likely N-dealkylation sites (tertiary alicyclic amines) is 1. The van der Waals surface area contributed by atoms with Gasteiger partial charge in [0.1, 0.15) is 0 Å². The van der Waals surface area contributed by atoms with Crippen molar-refractivity contribution >= 4 is 0 Å². The fourth-order valence-electron chi connectivity index (χ4n) is 5.11. The van der Waals surface area contributed by atoms with E-state index in [0.29, 0.717) is 0 Å². The van der Waals surface area contributed by atoms with Crippen molar-refractivity contribution in [1.82, 2.24) is 4.90 Å². The number of fused-ring (bicyclic) bond motifs is 1. The summed E-state index contributed by atoms with van der Waals surface area (Å²) in [5.74, 6) is 1.99. The van der Waals surface area contributed by atoms with Crippen LogP contribution in [0, 0.1) is 23.6 Å². The van der Waals surface area contributed by atoms with Gasteiger partial charge in [-0.2, -0.15) is 0 Å². The minimum Gasteiger partial charge on any atom is -0.505 e. The van der Waals surface area contributed by atoms with Crippen LogP contribution in [-0.2, 0) is 6.42 Å². The standard InChI is InChI=1S/C23H28FNO/c1-16(19-7-8-23(26)22(24)12-19)13-25-14-20-10-18(11-21(20)15-25)9-17-5-3-2-4-6-17/h2-8,12,16,18,20-21,26H,9-11,13-15H2,1H3/t16?,18?,20-,21+. The molecule has 1 saturated heterocycles. The molecule has 0 aromatic heterocycles. The summed E-state index contributed by atoms with van der Waals surface area (Å²) in [5.41, 5.74) is 2.44. The van der Waals surface area contributed by atoms with Crippen molar-refractivity contribution < 1.29 is 9.50 Å². The molecule has 1 saturated carbocycles. The SMILES string of the molecule is CC(CN1C[C@H]2CC(Cc3ccccc3)C[C@H]2C1)c1ccc(O)c(F)c1. The van der Waals surface area contributed by atoms with Crippen molar-refractivity contribution in [3.8, 4) is 5.75 Å². The van der Waals surface area contributed by atoms with E-state index in [9.17, 15) is 9.50 Å². The van der Waals surface area contributed by atoms with E-state index in [1.807, 2.05) is 6.07 Å². The summed E-state index contributed by atoms with van der Waals surface area (Å²) in [4.78, 5) is 2.56. The summed E-state index contributed by atoms with van der Waals surface area (Å²) >= 11 is 0. The van der Waals surface area contributed by atoms with E-state index in [0.717, 1.165) is 29.9 Å². The average molecular weight is 353 g/mol. The Morgan fingerprint density at radius 2 is 1.77 bits per heavy atom. The number of benzene rings is 2. The zero-order valence-corrected chi connectivity index (χ0v) is 15.4. The maximum atomic E-state index is 13.6. The molecule has 0 spiro atoms. The van der Waals surface area contributed by atoms with Crippen molar-refractivity contribution in [3.05, 3.63) is 65.5 Å². The first-order valence-electron chi connectivity index (χ1n) is 9.83. The Kier molecular flexibility index (Phi) is 4.99. The molecule has 138 valence electrons. The highest BCUT2D eigenvalue weighted by Gasteiger charge is 2.40. The van der Waals surface area contributed by atoms with Crippen LogP contribution < -0.4 is 0 Å². The van der Waals surface area contributed by atoms with Crippen LogP contribution in [-0.4, -0.2) is 29.6 Å². The van der Waals surface area contributed by atoms with Crippen LogP contribution in [0.15, 0.2) is 48.5 Å². The minimum absolute atomic E-state index is 0.263. The summed E-state index contributed by atoms with van der Waals surface area (Å²) in [6, 6.07) is 15.7. The Labute approximate surface area is 155 Å². The molecule has 2 unspecified atom stereocenters. The van der Waals surface area contributed by atoms with Crippen LogP contribution >= 0.6 is 0 Å². The Morgan fingerprint density at radius 3 is 2.42 bits per heavy atom. The molecule has 1 heterocycles. The first-order chi connectivity index (χ1) is 12.6. The molecule has 2 fully saturated rings. The number of phenolic OH excluding ortho intramolecular Hbond substituents is 1. The molecule has 1 aliphatic carbocycles. The van der Waals surface area contributed by atoms with E-state index in [2.05, 4.69) is 42.2 Å². The molecule has 4 atom stereocenters. The molecule has 2 aromatic carbocycles. The maximum Gasteiger partial charge on any atom is 0.165 e. The molecule has 0 amide bonds. The van der Waals surface area contributed by atoms with Gasteiger partial charge in [-0.05, 0) is 66.2 Å². The van der Waals surface area contributed by atoms with Crippen molar-refractivity contribution in [2.45, 2.75) is 32.1 Å². The van der Waals surface area contributed by atoms with Gasteiger partial charge < -0.3 is 10.0 Å². The van der Waals surface area contributed by atoms with Gasteiger partial charge in [0.2, 0.25) is 0 Å². The monoisotopic (exact) mass is 353 g/mol. The Morgan fingerprint density at radius 1 is 1.08 bits per heavy atom. The highest BCUT2D eigenvalue weighted by molar-refractivity contribution is 5.30. The summed E-state index contributed by atoms with van der Waals surface area (Å²) in [5, 5.41) is 9.36. The van der Waals surface area contributed by atoms with Gasteiger partial charge in [0, 0.05) is 19.6 Å². The number of nitrogens with zero attached hydrogens (tertiary/aromatic N) is 1. The van der Waals surface area contributed by atoms with Gasteiger partial charge in [-0.3, -0.25) is 0 Å². The van der Waals surface area contributed by atoms with Gasteiger partial charge in [0.25, 0.3) is 0 Å². The molecule has 4 rings (SSSR count). The van der Waals surface area contributed by atoms with Gasteiger partial charge in [-0.15, -0.1) is 0 Å². The first kappa shape index (κ1) is 17.5. The second-order valence-corrected chi connectivity index (χ2v) is 8.38. The molecule has 2 aromatic rings. The summed E-state index contributed by atoms with van der Waals surface area (Å²) in [7, 11) is 0. The minimum atomic E-state index is -0.517. The molecule has 1 N–H and O–H groups in total. The molecule has 26 heavy (non-hydrogen) atoms. The number of aromatic hydroxyl groups is 1. The van der Waals surface area contributed by atoms with E-state index in [4.69, 9.17) is 0 Å². The number of halogens is 1. The highest BCUT2D eigenvalue weighted by atomic mass is 19.1. The average Bonchev–Trinajstić information content (AvgIpc) is 3.16. The van der Waals surface area contributed by atoms with Gasteiger partial charge in [0.15, 0.2) is 11.6 Å². The smallest absolute Gasteiger partial charge is 0.165 e. The van der Waals surface area contributed by atoms with Crippen LogP contribution in [0.3, 0.4) is 0 Å². The molecule has 2 aliphatic rings. The van der Waals surface area contributed by atoms with E-state index in [1.165, 1.54) is 50.0 Å². The van der Waals surface area contributed by atoms with E-state index in [1.54, 1.807) is 0 Å². The molecule has 1 aliphatic heterocycles. The Hall–Kier alpha value is -1.87.